The van der Waals surface area contributed by atoms with Crippen molar-refractivity contribution in [2.75, 3.05) is 0 Å². The number of fused-ring (bicyclic) bond motifs is 1. The van der Waals surface area contributed by atoms with Crippen molar-refractivity contribution in [2.45, 2.75) is 53.4 Å². The highest BCUT2D eigenvalue weighted by Gasteiger charge is 2.22. The van der Waals surface area contributed by atoms with E-state index in [-0.39, 0.29) is 0 Å². The van der Waals surface area contributed by atoms with Crippen molar-refractivity contribution in [2.24, 2.45) is 0 Å². The Labute approximate surface area is 96.5 Å². The van der Waals surface area contributed by atoms with Gasteiger partial charge in [-0.1, -0.05) is 20.3 Å². The van der Waals surface area contributed by atoms with Crippen LogP contribution in [0.1, 0.15) is 54.9 Å². The highest BCUT2D eigenvalue weighted by Crippen LogP contribution is 2.37. The SMILES string of the molecule is CCCC(C)c1c(C)c(C)c(C)c2ooc12. The Balaban J connectivity index is 2.61. The van der Waals surface area contributed by atoms with Crippen LogP contribution < -0.4 is 0 Å². The van der Waals surface area contributed by atoms with E-state index in [9.17, 15) is 0 Å². The van der Waals surface area contributed by atoms with Gasteiger partial charge in [0.25, 0.3) is 0 Å². The minimum atomic E-state index is 0.543. The number of benzene rings is 1. The molecule has 0 radical (unpaired) electrons. The van der Waals surface area contributed by atoms with Gasteiger partial charge in [-0.2, -0.15) is 0 Å². The van der Waals surface area contributed by atoms with Gasteiger partial charge in [0.15, 0.2) is 0 Å². The van der Waals surface area contributed by atoms with Crippen LogP contribution in [0.4, 0.5) is 0 Å². The smallest absolute Gasteiger partial charge is 0.229 e. The van der Waals surface area contributed by atoms with Crippen molar-refractivity contribution in [1.29, 1.82) is 0 Å². The third-order valence-electron chi connectivity index (χ3n) is 3.74. The van der Waals surface area contributed by atoms with Gasteiger partial charge in [0.2, 0.25) is 11.2 Å². The molecule has 0 aliphatic rings. The van der Waals surface area contributed by atoms with E-state index in [4.69, 9.17) is 9.15 Å². The maximum Gasteiger partial charge on any atom is 0.229 e. The molecule has 1 atom stereocenters. The van der Waals surface area contributed by atoms with Gasteiger partial charge < -0.3 is 0 Å². The Kier molecular flexibility index (Phi) is 2.83. The quantitative estimate of drug-likeness (QED) is 0.691. The van der Waals surface area contributed by atoms with Crippen molar-refractivity contribution >= 4 is 11.2 Å². The second-order valence-electron chi connectivity index (χ2n) is 4.80. The molecule has 16 heavy (non-hydrogen) atoms. The van der Waals surface area contributed by atoms with E-state index in [1.54, 1.807) is 0 Å². The van der Waals surface area contributed by atoms with Crippen LogP contribution in [0, 0.1) is 20.8 Å². The zero-order valence-corrected chi connectivity index (χ0v) is 10.8. The largest absolute Gasteiger partial charge is 0.285 e. The molecular formula is C14H20O2. The first-order valence-corrected chi connectivity index (χ1v) is 6.06. The van der Waals surface area contributed by atoms with Crippen LogP contribution in [0.3, 0.4) is 0 Å². The summed E-state index contributed by atoms with van der Waals surface area (Å²) in [5, 5.41) is 0. The molecule has 0 N–H and O–H groups in total. The van der Waals surface area contributed by atoms with Gasteiger partial charge in [-0.05, 0) is 44.2 Å². The molecule has 0 aliphatic heterocycles. The van der Waals surface area contributed by atoms with E-state index in [0.717, 1.165) is 11.2 Å². The van der Waals surface area contributed by atoms with Crippen LogP contribution in [0.25, 0.3) is 11.2 Å². The Morgan fingerprint density at radius 1 is 0.938 bits per heavy atom. The summed E-state index contributed by atoms with van der Waals surface area (Å²) in [6.07, 6.45) is 2.39. The minimum absolute atomic E-state index is 0.543. The molecule has 1 aromatic carbocycles. The maximum atomic E-state index is 5.19. The lowest BCUT2D eigenvalue weighted by Crippen LogP contribution is -2.03. The molecule has 2 aromatic rings. The van der Waals surface area contributed by atoms with E-state index in [1.807, 2.05) is 0 Å². The van der Waals surface area contributed by atoms with Gasteiger partial charge in [-0.25, -0.2) is 0 Å². The third-order valence-corrected chi connectivity index (χ3v) is 3.74. The molecule has 0 spiro atoms. The van der Waals surface area contributed by atoms with E-state index in [0.29, 0.717) is 5.92 Å². The van der Waals surface area contributed by atoms with Gasteiger partial charge in [-0.15, -0.1) is 0 Å². The molecule has 1 heterocycles. The van der Waals surface area contributed by atoms with E-state index in [1.165, 1.54) is 35.1 Å². The van der Waals surface area contributed by atoms with Crippen LogP contribution >= 0.6 is 0 Å². The minimum Gasteiger partial charge on any atom is -0.285 e. The molecule has 88 valence electrons. The molecule has 1 aromatic heterocycles. The van der Waals surface area contributed by atoms with Crippen molar-refractivity contribution in [3.63, 3.8) is 0 Å². The van der Waals surface area contributed by atoms with Gasteiger partial charge in [-0.3, -0.25) is 9.15 Å². The number of hydrogen-bond acceptors (Lipinski definition) is 2. The first kappa shape index (κ1) is 11.3. The fourth-order valence-electron chi connectivity index (χ4n) is 2.52. The summed E-state index contributed by atoms with van der Waals surface area (Å²) in [5.41, 5.74) is 7.17. The van der Waals surface area contributed by atoms with E-state index < -0.39 is 0 Å². The van der Waals surface area contributed by atoms with Gasteiger partial charge in [0.1, 0.15) is 0 Å². The number of aryl methyl sites for hydroxylation is 1. The van der Waals surface area contributed by atoms with Crippen LogP contribution in [-0.4, -0.2) is 0 Å². The number of hydrogen-bond donors (Lipinski definition) is 0. The van der Waals surface area contributed by atoms with Gasteiger partial charge in [0.05, 0.1) is 0 Å². The predicted molar refractivity (Wildman–Crippen MR) is 66.0 cm³/mol. The summed E-state index contributed by atoms with van der Waals surface area (Å²) < 4.78 is 10.3. The molecule has 2 rings (SSSR count). The summed E-state index contributed by atoms with van der Waals surface area (Å²) in [4.78, 5) is 0. The lowest BCUT2D eigenvalue weighted by molar-refractivity contribution is 0.0569. The summed E-state index contributed by atoms with van der Waals surface area (Å²) in [7, 11) is 0. The molecule has 1 unspecified atom stereocenters. The highest BCUT2D eigenvalue weighted by molar-refractivity contribution is 5.82. The van der Waals surface area contributed by atoms with Crippen molar-refractivity contribution in [3.8, 4) is 0 Å². The molecule has 0 saturated heterocycles. The Morgan fingerprint density at radius 2 is 1.56 bits per heavy atom. The lowest BCUT2D eigenvalue weighted by atomic mass is 9.88. The van der Waals surface area contributed by atoms with Crippen molar-refractivity contribution in [1.82, 2.24) is 0 Å². The fourth-order valence-corrected chi connectivity index (χ4v) is 2.52. The van der Waals surface area contributed by atoms with Gasteiger partial charge >= 0.3 is 0 Å². The fraction of sp³-hybridized carbons (Fsp3) is 0.571. The Bertz CT molecular complexity index is 502. The molecule has 0 bridgehead atoms. The van der Waals surface area contributed by atoms with Crippen molar-refractivity contribution < 1.29 is 9.15 Å². The molecule has 2 nitrogen and oxygen atoms in total. The zero-order valence-electron chi connectivity index (χ0n) is 10.8. The lowest BCUT2D eigenvalue weighted by Gasteiger charge is -2.19. The van der Waals surface area contributed by atoms with Crippen LogP contribution in [0.2, 0.25) is 0 Å². The molecular weight excluding hydrogens is 200 g/mol. The average molecular weight is 220 g/mol. The molecule has 2 heteroatoms. The second kappa shape index (κ2) is 4.00. The van der Waals surface area contributed by atoms with Gasteiger partial charge in [0, 0.05) is 11.1 Å². The number of rotatable bonds is 3. The van der Waals surface area contributed by atoms with E-state index >= 15 is 0 Å². The standard InChI is InChI=1S/C14H20O2/c1-6-7-8(2)12-10(4)9(3)11(5)13-14(12)16-15-13/h8H,6-7H2,1-5H3. The monoisotopic (exact) mass is 220 g/mol. The normalized spacial score (nSPS) is 13.6. The first-order valence-electron chi connectivity index (χ1n) is 6.06. The summed E-state index contributed by atoms with van der Waals surface area (Å²) in [5.74, 6) is 0.543. The summed E-state index contributed by atoms with van der Waals surface area (Å²) in [6.45, 7) is 10.9. The first-order chi connectivity index (χ1) is 7.57. The summed E-state index contributed by atoms with van der Waals surface area (Å²) >= 11 is 0. The van der Waals surface area contributed by atoms with Crippen LogP contribution in [0.15, 0.2) is 9.15 Å². The zero-order chi connectivity index (χ0) is 11.9. The topological polar surface area (TPSA) is 26.3 Å². The predicted octanol–water partition coefficient (Wildman–Crippen LogP) is 4.85. The van der Waals surface area contributed by atoms with Crippen LogP contribution in [-0.2, 0) is 0 Å². The average Bonchev–Trinajstić information content (AvgIpc) is 2.20. The summed E-state index contributed by atoms with van der Waals surface area (Å²) in [6, 6.07) is 0. The van der Waals surface area contributed by atoms with Crippen molar-refractivity contribution in [3.05, 3.63) is 22.3 Å². The Hall–Kier alpha value is -1.18. The Morgan fingerprint density at radius 3 is 2.06 bits per heavy atom. The third kappa shape index (κ3) is 1.48. The molecule has 0 fully saturated rings. The maximum absolute atomic E-state index is 5.19. The molecule has 0 aliphatic carbocycles. The van der Waals surface area contributed by atoms with Crippen LogP contribution in [0.5, 0.6) is 0 Å². The second-order valence-corrected chi connectivity index (χ2v) is 4.80. The highest BCUT2D eigenvalue weighted by atomic mass is 17.0. The molecule has 0 saturated carbocycles. The van der Waals surface area contributed by atoms with E-state index in [2.05, 4.69) is 34.6 Å². The molecule has 0 amide bonds.